The Morgan fingerprint density at radius 3 is 2.65 bits per heavy atom. The molecule has 1 aliphatic carbocycles. The van der Waals surface area contributed by atoms with Crippen LogP contribution in [-0.2, 0) is 4.79 Å². The van der Waals surface area contributed by atoms with E-state index >= 15 is 0 Å². The number of thioether (sulfide) groups is 1. The molecule has 1 aliphatic heterocycles. The lowest BCUT2D eigenvalue weighted by atomic mass is 9.89. The summed E-state index contributed by atoms with van der Waals surface area (Å²) in [6, 6.07) is 14.6. The van der Waals surface area contributed by atoms with Crippen molar-refractivity contribution in [1.29, 1.82) is 0 Å². The van der Waals surface area contributed by atoms with Crippen molar-refractivity contribution in [3.63, 3.8) is 0 Å². The summed E-state index contributed by atoms with van der Waals surface area (Å²) in [7, 11) is 0. The summed E-state index contributed by atoms with van der Waals surface area (Å²) in [6.45, 7) is 0. The highest BCUT2D eigenvalue weighted by Gasteiger charge is 2.32. The van der Waals surface area contributed by atoms with Gasteiger partial charge in [-0.25, -0.2) is 4.39 Å². The topological polar surface area (TPSA) is 29.1 Å². The molecule has 2 aliphatic rings. The molecule has 2 nitrogen and oxygen atoms in total. The second kappa shape index (κ2) is 5.85. The molecule has 0 bridgehead atoms. The van der Waals surface area contributed by atoms with Crippen molar-refractivity contribution in [3.8, 4) is 0 Å². The van der Waals surface area contributed by atoms with E-state index in [9.17, 15) is 9.18 Å². The Bertz CT molecular complexity index is 797. The first kappa shape index (κ1) is 14.5. The molecule has 0 amide bonds. The van der Waals surface area contributed by atoms with Crippen LogP contribution in [0.1, 0.15) is 30.1 Å². The number of ketones is 1. The van der Waals surface area contributed by atoms with Gasteiger partial charge in [0.2, 0.25) is 0 Å². The van der Waals surface area contributed by atoms with Crippen LogP contribution in [0.15, 0.2) is 64.7 Å². The van der Waals surface area contributed by atoms with Gasteiger partial charge in [0, 0.05) is 22.6 Å². The minimum Gasteiger partial charge on any atom is -0.358 e. The molecule has 4 heteroatoms. The minimum atomic E-state index is -0.255. The average molecular weight is 325 g/mol. The van der Waals surface area contributed by atoms with Gasteiger partial charge < -0.3 is 5.32 Å². The monoisotopic (exact) mass is 325 g/mol. The minimum absolute atomic E-state index is 0.0884. The highest BCUT2D eigenvalue weighted by atomic mass is 32.2. The maximum absolute atomic E-state index is 13.3. The van der Waals surface area contributed by atoms with Crippen LogP contribution in [0.2, 0.25) is 0 Å². The number of hydrogen-bond donors (Lipinski definition) is 1. The molecule has 1 N–H and O–H groups in total. The van der Waals surface area contributed by atoms with Crippen LogP contribution >= 0.6 is 11.8 Å². The van der Waals surface area contributed by atoms with E-state index in [-0.39, 0.29) is 16.9 Å². The summed E-state index contributed by atoms with van der Waals surface area (Å²) < 4.78 is 13.3. The number of allylic oxidation sites excluding steroid dienone is 1. The number of rotatable bonds is 1. The fraction of sp³-hybridized carbons (Fsp3) is 0.211. The fourth-order valence-corrected chi connectivity index (χ4v) is 4.53. The number of carbonyl (C=O) groups is 1. The summed E-state index contributed by atoms with van der Waals surface area (Å²) in [6.07, 6.45) is 2.36. The maximum Gasteiger partial charge on any atom is 0.162 e. The smallest absolute Gasteiger partial charge is 0.162 e. The van der Waals surface area contributed by atoms with Gasteiger partial charge in [-0.05, 0) is 42.7 Å². The van der Waals surface area contributed by atoms with Crippen molar-refractivity contribution in [2.24, 2.45) is 0 Å². The lowest BCUT2D eigenvalue weighted by Crippen LogP contribution is -2.19. The number of halogens is 1. The predicted octanol–water partition coefficient (Wildman–Crippen LogP) is 5.09. The van der Waals surface area contributed by atoms with Crippen LogP contribution in [0.3, 0.4) is 0 Å². The first-order valence-corrected chi connectivity index (χ1v) is 8.65. The Hall–Kier alpha value is -2.07. The van der Waals surface area contributed by atoms with E-state index in [1.807, 2.05) is 18.2 Å². The Labute approximate surface area is 138 Å². The maximum atomic E-state index is 13.3. The summed E-state index contributed by atoms with van der Waals surface area (Å²) in [5.74, 6) is -0.0524. The zero-order chi connectivity index (χ0) is 15.8. The van der Waals surface area contributed by atoms with Gasteiger partial charge in [-0.2, -0.15) is 0 Å². The van der Waals surface area contributed by atoms with Crippen molar-refractivity contribution in [1.82, 2.24) is 0 Å². The quantitative estimate of drug-likeness (QED) is 0.791. The molecule has 0 saturated heterocycles. The summed E-state index contributed by atoms with van der Waals surface area (Å²) in [4.78, 5) is 13.7. The molecule has 0 unspecified atom stereocenters. The number of Topliss-reactive ketones (excluding diaryl/α,β-unsaturated/α-hetero) is 1. The van der Waals surface area contributed by atoms with Gasteiger partial charge in [0.05, 0.1) is 10.9 Å². The largest absolute Gasteiger partial charge is 0.358 e. The third-order valence-electron chi connectivity index (χ3n) is 4.31. The van der Waals surface area contributed by atoms with Crippen molar-refractivity contribution in [2.45, 2.75) is 29.4 Å². The molecule has 1 atom stereocenters. The summed E-state index contributed by atoms with van der Waals surface area (Å²) >= 11 is 1.66. The van der Waals surface area contributed by atoms with Gasteiger partial charge in [0.15, 0.2) is 5.78 Å². The molecular weight excluding hydrogens is 309 g/mol. The molecular formula is C19H16FNOS. The molecule has 0 aromatic heterocycles. The zero-order valence-electron chi connectivity index (χ0n) is 12.5. The molecule has 116 valence electrons. The van der Waals surface area contributed by atoms with E-state index < -0.39 is 0 Å². The normalized spacial score (nSPS) is 20.4. The molecule has 0 fully saturated rings. The van der Waals surface area contributed by atoms with Crippen molar-refractivity contribution in [3.05, 3.63) is 71.2 Å². The molecule has 0 spiro atoms. The van der Waals surface area contributed by atoms with Crippen LogP contribution in [0.25, 0.3) is 0 Å². The summed E-state index contributed by atoms with van der Waals surface area (Å²) in [5, 5.41) is 3.38. The van der Waals surface area contributed by atoms with Crippen molar-refractivity contribution < 1.29 is 9.18 Å². The average Bonchev–Trinajstić information content (AvgIpc) is 2.73. The van der Waals surface area contributed by atoms with E-state index in [0.29, 0.717) is 6.42 Å². The summed E-state index contributed by atoms with van der Waals surface area (Å²) in [5.41, 5.74) is 3.89. The number of nitrogens with one attached hydrogen (secondary N) is 1. The Morgan fingerprint density at radius 2 is 1.83 bits per heavy atom. The van der Waals surface area contributed by atoms with Crippen LogP contribution in [0, 0.1) is 5.82 Å². The van der Waals surface area contributed by atoms with Gasteiger partial charge in [0.25, 0.3) is 0 Å². The number of para-hydroxylation sites is 1. The van der Waals surface area contributed by atoms with Crippen molar-refractivity contribution >= 4 is 23.2 Å². The van der Waals surface area contributed by atoms with Gasteiger partial charge in [0.1, 0.15) is 5.82 Å². The predicted molar refractivity (Wildman–Crippen MR) is 90.9 cm³/mol. The highest BCUT2D eigenvalue weighted by molar-refractivity contribution is 8.00. The molecule has 0 radical (unpaired) electrons. The molecule has 2 aromatic rings. The first-order valence-electron chi connectivity index (χ1n) is 7.77. The van der Waals surface area contributed by atoms with E-state index in [1.54, 1.807) is 23.9 Å². The number of benzene rings is 2. The van der Waals surface area contributed by atoms with Crippen LogP contribution in [0.5, 0.6) is 0 Å². The Kier molecular flexibility index (Phi) is 3.69. The highest BCUT2D eigenvalue weighted by Crippen LogP contribution is 2.49. The Balaban J connectivity index is 1.86. The molecule has 2 aromatic carbocycles. The van der Waals surface area contributed by atoms with Crippen LogP contribution in [0.4, 0.5) is 10.1 Å². The van der Waals surface area contributed by atoms with E-state index in [4.69, 9.17) is 0 Å². The first-order chi connectivity index (χ1) is 11.2. The number of carbonyl (C=O) groups excluding carboxylic acids is 1. The standard InChI is InChI=1S/C19H16FNOS/c20-13-10-8-12(9-11-13)19-18-15(5-3-6-16(18)22)21-14-4-1-2-7-17(14)23-19/h1-2,4,7-11,19,21H,3,5-6H2/t19-/m1/s1. The van der Waals surface area contributed by atoms with Gasteiger partial charge in [-0.3, -0.25) is 4.79 Å². The van der Waals surface area contributed by atoms with Crippen LogP contribution in [-0.4, -0.2) is 5.78 Å². The van der Waals surface area contributed by atoms with Gasteiger partial charge in [-0.15, -0.1) is 11.8 Å². The number of fused-ring (bicyclic) bond motifs is 1. The third-order valence-corrected chi connectivity index (χ3v) is 5.66. The molecule has 23 heavy (non-hydrogen) atoms. The SMILES string of the molecule is O=C1CCCC2=C1[C@@H](c1ccc(F)cc1)Sc1ccccc1N2. The van der Waals surface area contributed by atoms with Gasteiger partial charge >= 0.3 is 0 Å². The van der Waals surface area contributed by atoms with E-state index in [2.05, 4.69) is 11.4 Å². The third kappa shape index (κ3) is 2.68. The lowest BCUT2D eigenvalue weighted by molar-refractivity contribution is -0.116. The second-order valence-corrected chi connectivity index (χ2v) is 6.99. The second-order valence-electron chi connectivity index (χ2n) is 5.84. The van der Waals surface area contributed by atoms with Crippen molar-refractivity contribution in [2.75, 3.05) is 5.32 Å². The van der Waals surface area contributed by atoms with E-state index in [0.717, 1.165) is 40.3 Å². The zero-order valence-corrected chi connectivity index (χ0v) is 13.3. The van der Waals surface area contributed by atoms with Gasteiger partial charge in [-0.1, -0.05) is 24.3 Å². The molecule has 1 heterocycles. The lowest BCUT2D eigenvalue weighted by Gasteiger charge is -2.24. The number of anilines is 1. The molecule has 0 saturated carbocycles. The van der Waals surface area contributed by atoms with E-state index in [1.165, 1.54) is 12.1 Å². The fourth-order valence-electron chi connectivity index (χ4n) is 3.19. The Morgan fingerprint density at radius 1 is 1.04 bits per heavy atom. The number of hydrogen-bond acceptors (Lipinski definition) is 3. The molecule has 4 rings (SSSR count). The van der Waals surface area contributed by atoms with Crippen LogP contribution < -0.4 is 5.32 Å².